The van der Waals surface area contributed by atoms with E-state index in [1.165, 1.54) is 12.1 Å². The van der Waals surface area contributed by atoms with E-state index in [0.717, 1.165) is 32.1 Å². The second-order valence-corrected chi connectivity index (χ2v) is 9.99. The highest BCUT2D eigenvalue weighted by molar-refractivity contribution is 5.87. The molecule has 1 aromatic heterocycles. The Hall–Kier alpha value is -3.40. The van der Waals surface area contributed by atoms with E-state index in [-0.39, 0.29) is 17.2 Å². The van der Waals surface area contributed by atoms with Gasteiger partial charge in [0.05, 0.1) is 18.2 Å². The number of aliphatic carboxylic acids is 1. The van der Waals surface area contributed by atoms with Crippen LogP contribution in [-0.2, 0) is 10.4 Å². The molecule has 2 aromatic carbocycles. The van der Waals surface area contributed by atoms with E-state index in [9.17, 15) is 30.0 Å². The number of aliphatic hydroxyl groups is 2. The van der Waals surface area contributed by atoms with Crippen LogP contribution in [0.2, 0.25) is 0 Å². The number of aromatic amines is 1. The van der Waals surface area contributed by atoms with Gasteiger partial charge in [-0.05, 0) is 74.0 Å². The van der Waals surface area contributed by atoms with Gasteiger partial charge in [-0.15, -0.1) is 0 Å². The van der Waals surface area contributed by atoms with Crippen LogP contribution in [0.15, 0.2) is 53.3 Å². The Labute approximate surface area is 221 Å². The molecule has 1 heterocycles. The summed E-state index contributed by atoms with van der Waals surface area (Å²) in [6.07, 6.45) is 5.04. The monoisotopic (exact) mass is 524 g/mol. The predicted octanol–water partition coefficient (Wildman–Crippen LogP) is 3.57. The molecule has 1 aliphatic carbocycles. The Morgan fingerprint density at radius 2 is 1.89 bits per heavy atom. The van der Waals surface area contributed by atoms with Crippen LogP contribution in [0, 0.1) is 5.92 Å². The molecule has 0 spiro atoms. The maximum atomic E-state index is 12.0. The average molecular weight is 525 g/mol. The van der Waals surface area contributed by atoms with Gasteiger partial charge in [0, 0.05) is 23.9 Å². The highest BCUT2D eigenvalue weighted by Gasteiger charge is 2.46. The zero-order valence-electron chi connectivity index (χ0n) is 21.4. The van der Waals surface area contributed by atoms with Crippen LogP contribution in [0.3, 0.4) is 0 Å². The normalized spacial score (nSPS) is 16.4. The van der Waals surface area contributed by atoms with Gasteiger partial charge in [0.1, 0.15) is 11.5 Å². The number of aromatic nitrogens is 1. The number of fused-ring (bicyclic) bond motifs is 1. The van der Waals surface area contributed by atoms with Crippen LogP contribution < -0.4 is 15.6 Å². The van der Waals surface area contributed by atoms with E-state index in [2.05, 4.69) is 10.3 Å². The second-order valence-electron chi connectivity index (χ2n) is 9.99. The molecule has 2 atom stereocenters. The largest absolute Gasteiger partial charge is 0.506 e. The lowest BCUT2D eigenvalue weighted by Gasteiger charge is -2.30. The Balaban J connectivity index is 1.19. The summed E-state index contributed by atoms with van der Waals surface area (Å²) in [5.41, 5.74) is -0.911. The lowest BCUT2D eigenvalue weighted by atomic mass is 9.80. The van der Waals surface area contributed by atoms with Gasteiger partial charge in [0.25, 0.3) is 0 Å². The summed E-state index contributed by atoms with van der Waals surface area (Å²) in [7, 11) is 0. The lowest BCUT2D eigenvalue weighted by molar-refractivity contribution is -0.166. The quantitative estimate of drug-likeness (QED) is 0.186. The standard InChI is InChI=1S/C29H36N2O7/c32-24-13-11-22(23-12-14-26(34)31-27(23)24)25(33)18-30-15-4-1-5-16-38-21-10-6-9-20(17-21)29(37,28(35)36)19-7-2-3-8-19/h6,9-14,17,19,25,30,32-33,37H,1-5,7-8,15-16,18H2,(H,31,34)(H,35,36)/t25-,29?/m0/s1. The number of benzene rings is 2. The van der Waals surface area contributed by atoms with Gasteiger partial charge in [-0.3, -0.25) is 4.79 Å². The number of aromatic hydroxyl groups is 1. The van der Waals surface area contributed by atoms with Gasteiger partial charge in [0.2, 0.25) is 5.56 Å². The van der Waals surface area contributed by atoms with Crippen LogP contribution in [0.25, 0.3) is 10.9 Å². The third-order valence-corrected chi connectivity index (χ3v) is 7.42. The molecule has 6 N–H and O–H groups in total. The van der Waals surface area contributed by atoms with Gasteiger partial charge in [-0.1, -0.05) is 31.0 Å². The summed E-state index contributed by atoms with van der Waals surface area (Å²) in [4.78, 5) is 26.1. The van der Waals surface area contributed by atoms with Crippen LogP contribution in [-0.4, -0.2) is 51.1 Å². The van der Waals surface area contributed by atoms with Gasteiger partial charge in [-0.25, -0.2) is 4.79 Å². The maximum absolute atomic E-state index is 12.0. The molecule has 9 nitrogen and oxygen atoms in total. The average Bonchev–Trinajstić information content (AvgIpc) is 3.46. The van der Waals surface area contributed by atoms with E-state index in [1.807, 2.05) is 0 Å². The zero-order valence-corrected chi connectivity index (χ0v) is 21.4. The van der Waals surface area contributed by atoms with Crippen molar-refractivity contribution in [3.63, 3.8) is 0 Å². The minimum atomic E-state index is -1.89. The number of hydrogen-bond acceptors (Lipinski definition) is 7. The first-order valence-corrected chi connectivity index (χ1v) is 13.2. The Morgan fingerprint density at radius 3 is 2.66 bits per heavy atom. The van der Waals surface area contributed by atoms with Crippen molar-refractivity contribution in [1.82, 2.24) is 10.3 Å². The number of unbranched alkanes of at least 4 members (excludes halogenated alkanes) is 2. The number of ether oxygens (including phenoxy) is 1. The lowest BCUT2D eigenvalue weighted by Crippen LogP contribution is -2.42. The molecular formula is C29H36N2O7. The molecule has 1 aliphatic rings. The highest BCUT2D eigenvalue weighted by Crippen LogP contribution is 2.41. The molecule has 4 rings (SSSR count). The summed E-state index contributed by atoms with van der Waals surface area (Å²) < 4.78 is 5.84. The number of hydrogen-bond donors (Lipinski definition) is 6. The first-order chi connectivity index (χ1) is 18.3. The third-order valence-electron chi connectivity index (χ3n) is 7.42. The number of carboxylic acid groups (broad SMARTS) is 1. The first-order valence-electron chi connectivity index (χ1n) is 13.2. The number of aliphatic hydroxyl groups excluding tert-OH is 1. The number of phenolic OH excluding ortho intramolecular Hbond substituents is 1. The molecule has 1 unspecified atom stereocenters. The fourth-order valence-electron chi connectivity index (χ4n) is 5.32. The SMILES string of the molecule is O=C(O)C(O)(c1cccc(OCCCCCNC[C@H](O)c2ccc(O)c3[nH]c(=O)ccc23)c1)C1CCCC1. The zero-order chi connectivity index (χ0) is 27.1. The summed E-state index contributed by atoms with van der Waals surface area (Å²) >= 11 is 0. The second kappa shape index (κ2) is 12.4. The fourth-order valence-corrected chi connectivity index (χ4v) is 5.32. The summed E-state index contributed by atoms with van der Waals surface area (Å²) in [5.74, 6) is -1.00. The van der Waals surface area contributed by atoms with Gasteiger partial charge in [-0.2, -0.15) is 0 Å². The Morgan fingerprint density at radius 1 is 1.11 bits per heavy atom. The summed E-state index contributed by atoms with van der Waals surface area (Å²) in [6.45, 7) is 1.50. The van der Waals surface area contributed by atoms with Crippen LogP contribution in [0.4, 0.5) is 0 Å². The minimum Gasteiger partial charge on any atom is -0.506 e. The first kappa shape index (κ1) is 27.6. The topological polar surface area (TPSA) is 152 Å². The molecule has 9 heteroatoms. The van der Waals surface area contributed by atoms with Gasteiger partial charge in [0.15, 0.2) is 5.60 Å². The predicted molar refractivity (Wildman–Crippen MR) is 143 cm³/mol. The number of H-pyrrole nitrogens is 1. The minimum absolute atomic E-state index is 0.0399. The van der Waals surface area contributed by atoms with Crippen molar-refractivity contribution in [2.75, 3.05) is 19.7 Å². The van der Waals surface area contributed by atoms with Crippen molar-refractivity contribution in [1.29, 1.82) is 0 Å². The van der Waals surface area contributed by atoms with Crippen LogP contribution in [0.1, 0.15) is 62.2 Å². The van der Waals surface area contributed by atoms with E-state index in [4.69, 9.17) is 4.74 Å². The maximum Gasteiger partial charge on any atom is 0.340 e. The molecule has 204 valence electrons. The summed E-state index contributed by atoms with van der Waals surface area (Å²) in [5, 5.41) is 45.3. The molecule has 38 heavy (non-hydrogen) atoms. The van der Waals surface area contributed by atoms with Crippen molar-refractivity contribution >= 4 is 16.9 Å². The van der Waals surface area contributed by atoms with E-state index in [1.54, 1.807) is 36.4 Å². The molecule has 3 aromatic rings. The number of pyridine rings is 1. The Bertz CT molecular complexity index is 1300. The smallest absolute Gasteiger partial charge is 0.340 e. The number of carbonyl (C=O) groups is 1. The van der Waals surface area contributed by atoms with E-state index >= 15 is 0 Å². The molecule has 0 bridgehead atoms. The summed E-state index contributed by atoms with van der Waals surface area (Å²) in [6, 6.07) is 12.9. The van der Waals surface area contributed by atoms with Crippen LogP contribution >= 0.6 is 0 Å². The fraction of sp³-hybridized carbons (Fsp3) is 0.448. The van der Waals surface area contributed by atoms with Crippen molar-refractivity contribution < 1.29 is 30.0 Å². The van der Waals surface area contributed by atoms with E-state index in [0.29, 0.717) is 60.3 Å². The number of carboxylic acids is 1. The van der Waals surface area contributed by atoms with Crippen molar-refractivity contribution in [2.45, 2.75) is 56.7 Å². The molecule has 0 aliphatic heterocycles. The molecule has 1 fully saturated rings. The Kier molecular flexibility index (Phi) is 9.04. The third kappa shape index (κ3) is 6.18. The van der Waals surface area contributed by atoms with Crippen molar-refractivity contribution in [3.8, 4) is 11.5 Å². The number of rotatable bonds is 13. The molecule has 0 radical (unpaired) electrons. The molecule has 0 amide bonds. The van der Waals surface area contributed by atoms with Gasteiger partial charge < -0.3 is 35.5 Å². The molecule has 0 saturated heterocycles. The number of phenols is 1. The van der Waals surface area contributed by atoms with Gasteiger partial charge >= 0.3 is 5.97 Å². The van der Waals surface area contributed by atoms with Crippen LogP contribution in [0.5, 0.6) is 11.5 Å². The molecule has 1 saturated carbocycles. The highest BCUT2D eigenvalue weighted by atomic mass is 16.5. The van der Waals surface area contributed by atoms with Crippen molar-refractivity contribution in [3.05, 3.63) is 70.0 Å². The molecular weight excluding hydrogens is 488 g/mol. The van der Waals surface area contributed by atoms with E-state index < -0.39 is 17.7 Å². The number of nitrogens with one attached hydrogen (secondary N) is 2. The van der Waals surface area contributed by atoms with Crippen molar-refractivity contribution in [2.24, 2.45) is 5.92 Å².